The fourth-order valence-electron chi connectivity index (χ4n) is 2.27. The second kappa shape index (κ2) is 6.48. The number of methoxy groups -OCH3 is 2. The molecule has 0 aliphatic carbocycles. The van der Waals surface area contributed by atoms with Crippen molar-refractivity contribution in [2.24, 2.45) is 0 Å². The van der Waals surface area contributed by atoms with E-state index in [0.29, 0.717) is 0 Å². The van der Waals surface area contributed by atoms with E-state index in [2.05, 4.69) is 29.8 Å². The maximum Gasteiger partial charge on any atom is 0.146 e. The Bertz CT molecular complexity index is 601. The third-order valence-electron chi connectivity index (χ3n) is 3.55. The van der Waals surface area contributed by atoms with Gasteiger partial charge in [-0.25, -0.2) is 0 Å². The number of nitrogens with zero attached hydrogens (tertiary/aromatic N) is 2. The molecule has 2 aromatic rings. The molecule has 0 bridgehead atoms. The minimum atomic E-state index is 0.789. The van der Waals surface area contributed by atoms with Crippen molar-refractivity contribution in [1.82, 2.24) is 4.98 Å². The molecule has 0 spiro atoms. The first kappa shape index (κ1) is 15.2. The lowest BCUT2D eigenvalue weighted by Gasteiger charge is -2.23. The van der Waals surface area contributed by atoms with Gasteiger partial charge in [0.2, 0.25) is 0 Å². The molecule has 21 heavy (non-hydrogen) atoms. The summed E-state index contributed by atoms with van der Waals surface area (Å²) in [5.74, 6) is 1.58. The second-order valence-electron chi connectivity index (χ2n) is 4.96. The molecule has 0 amide bonds. The molecule has 0 saturated carbocycles. The predicted molar refractivity (Wildman–Crippen MR) is 86.5 cm³/mol. The third kappa shape index (κ3) is 3.10. The van der Waals surface area contributed by atoms with Crippen LogP contribution in [0.2, 0.25) is 0 Å². The molecule has 0 atom stereocenters. The van der Waals surface area contributed by atoms with E-state index in [0.717, 1.165) is 35.0 Å². The van der Waals surface area contributed by atoms with Gasteiger partial charge in [-0.15, -0.1) is 0 Å². The minimum Gasteiger partial charge on any atom is -0.494 e. The van der Waals surface area contributed by atoms with E-state index in [1.54, 1.807) is 14.2 Å². The van der Waals surface area contributed by atoms with Crippen LogP contribution < -0.4 is 14.4 Å². The molecule has 0 N–H and O–H groups in total. The molecule has 0 unspecified atom stereocenters. The monoisotopic (exact) mass is 286 g/mol. The van der Waals surface area contributed by atoms with Crippen LogP contribution in [0.5, 0.6) is 11.5 Å². The Labute approximate surface area is 126 Å². The number of rotatable bonds is 5. The summed E-state index contributed by atoms with van der Waals surface area (Å²) in [6.07, 6.45) is 1.82. The molecule has 0 aliphatic rings. The van der Waals surface area contributed by atoms with Crippen molar-refractivity contribution >= 4 is 5.69 Å². The molecule has 4 nitrogen and oxygen atoms in total. The highest BCUT2D eigenvalue weighted by atomic mass is 16.5. The highest BCUT2D eigenvalue weighted by Gasteiger charge is 2.16. The van der Waals surface area contributed by atoms with Gasteiger partial charge in [0.25, 0.3) is 0 Å². The highest BCUT2D eigenvalue weighted by Crippen LogP contribution is 2.41. The molecule has 1 heterocycles. The summed E-state index contributed by atoms with van der Waals surface area (Å²) < 4.78 is 11.1. The van der Waals surface area contributed by atoms with Crippen molar-refractivity contribution in [3.8, 4) is 22.8 Å². The van der Waals surface area contributed by atoms with Gasteiger partial charge in [-0.1, -0.05) is 0 Å². The molecule has 4 heteroatoms. The van der Waals surface area contributed by atoms with Gasteiger partial charge in [0.15, 0.2) is 0 Å². The van der Waals surface area contributed by atoms with Crippen LogP contribution in [0.15, 0.2) is 30.5 Å². The van der Waals surface area contributed by atoms with E-state index in [4.69, 9.17) is 9.47 Å². The Balaban J connectivity index is 2.60. The predicted octanol–water partition coefficient (Wildman–Crippen LogP) is 3.53. The van der Waals surface area contributed by atoms with Crippen LogP contribution in [0, 0.1) is 6.92 Å². The molecular formula is C17H22N2O2. The van der Waals surface area contributed by atoms with Crippen LogP contribution in [0.4, 0.5) is 5.69 Å². The lowest BCUT2D eigenvalue weighted by Crippen LogP contribution is -2.17. The van der Waals surface area contributed by atoms with Crippen LogP contribution in [0.1, 0.15) is 12.5 Å². The fourth-order valence-corrected chi connectivity index (χ4v) is 2.27. The standard InChI is InChI=1S/C17H22N2O2/c1-6-19(3)17-15(20-4)10-13(11-16(17)21-5)14-9-12(2)7-8-18-14/h7-11H,6H2,1-5H3. The Morgan fingerprint density at radius 2 is 1.71 bits per heavy atom. The molecular weight excluding hydrogens is 264 g/mol. The van der Waals surface area contributed by atoms with Gasteiger partial charge in [-0.3, -0.25) is 4.98 Å². The summed E-state index contributed by atoms with van der Waals surface area (Å²) in [6, 6.07) is 8.05. The molecule has 112 valence electrons. The maximum absolute atomic E-state index is 5.55. The van der Waals surface area contributed by atoms with Crippen LogP contribution in [-0.2, 0) is 0 Å². The van der Waals surface area contributed by atoms with Crippen molar-refractivity contribution in [2.45, 2.75) is 13.8 Å². The SMILES string of the molecule is CCN(C)c1c(OC)cc(-c2cc(C)ccn2)cc1OC. The molecule has 2 rings (SSSR count). The molecule has 0 radical (unpaired) electrons. The Morgan fingerprint density at radius 3 is 2.19 bits per heavy atom. The summed E-state index contributed by atoms with van der Waals surface area (Å²) in [7, 11) is 5.37. The fraction of sp³-hybridized carbons (Fsp3) is 0.353. The second-order valence-corrected chi connectivity index (χ2v) is 4.96. The molecule has 0 fully saturated rings. The van der Waals surface area contributed by atoms with Crippen molar-refractivity contribution in [2.75, 3.05) is 32.7 Å². The zero-order chi connectivity index (χ0) is 15.4. The zero-order valence-electron chi connectivity index (χ0n) is 13.3. The van der Waals surface area contributed by atoms with E-state index < -0.39 is 0 Å². The number of hydrogen-bond donors (Lipinski definition) is 0. The van der Waals surface area contributed by atoms with Crippen molar-refractivity contribution in [1.29, 1.82) is 0 Å². The smallest absolute Gasteiger partial charge is 0.146 e. The van der Waals surface area contributed by atoms with Crippen molar-refractivity contribution in [3.05, 3.63) is 36.0 Å². The Morgan fingerprint density at radius 1 is 1.10 bits per heavy atom. The summed E-state index contributed by atoms with van der Waals surface area (Å²) in [6.45, 7) is 5.02. The summed E-state index contributed by atoms with van der Waals surface area (Å²) in [5, 5.41) is 0. The maximum atomic E-state index is 5.55. The number of pyridine rings is 1. The third-order valence-corrected chi connectivity index (χ3v) is 3.55. The van der Waals surface area contributed by atoms with E-state index in [9.17, 15) is 0 Å². The van der Waals surface area contributed by atoms with Crippen LogP contribution >= 0.6 is 0 Å². The van der Waals surface area contributed by atoms with Crippen molar-refractivity contribution < 1.29 is 9.47 Å². The summed E-state index contributed by atoms with van der Waals surface area (Å²) in [4.78, 5) is 6.53. The van der Waals surface area contributed by atoms with Gasteiger partial charge in [-0.2, -0.15) is 0 Å². The van der Waals surface area contributed by atoms with E-state index in [1.165, 1.54) is 5.56 Å². The zero-order valence-corrected chi connectivity index (χ0v) is 13.3. The number of anilines is 1. The summed E-state index contributed by atoms with van der Waals surface area (Å²) >= 11 is 0. The van der Waals surface area contributed by atoms with Gasteiger partial charge in [0.1, 0.15) is 17.2 Å². The Kier molecular flexibility index (Phi) is 4.68. The van der Waals surface area contributed by atoms with Gasteiger partial charge in [0.05, 0.1) is 19.9 Å². The van der Waals surface area contributed by atoms with Gasteiger partial charge < -0.3 is 14.4 Å². The first-order valence-electron chi connectivity index (χ1n) is 7.00. The highest BCUT2D eigenvalue weighted by molar-refractivity contribution is 5.76. The number of aromatic nitrogens is 1. The normalized spacial score (nSPS) is 10.3. The average molecular weight is 286 g/mol. The topological polar surface area (TPSA) is 34.6 Å². The van der Waals surface area contributed by atoms with E-state index in [1.807, 2.05) is 31.4 Å². The summed E-state index contributed by atoms with van der Waals surface area (Å²) in [5.41, 5.74) is 4.03. The van der Waals surface area contributed by atoms with Crippen LogP contribution in [-0.4, -0.2) is 32.8 Å². The largest absolute Gasteiger partial charge is 0.494 e. The van der Waals surface area contributed by atoms with Crippen LogP contribution in [0.25, 0.3) is 11.3 Å². The number of hydrogen-bond acceptors (Lipinski definition) is 4. The molecule has 0 aliphatic heterocycles. The number of aryl methyl sites for hydroxylation is 1. The number of benzene rings is 1. The van der Waals surface area contributed by atoms with Gasteiger partial charge in [0, 0.05) is 25.4 Å². The van der Waals surface area contributed by atoms with Gasteiger partial charge in [-0.05, 0) is 43.7 Å². The Hall–Kier alpha value is -2.23. The van der Waals surface area contributed by atoms with Gasteiger partial charge >= 0.3 is 0 Å². The first-order valence-corrected chi connectivity index (χ1v) is 7.00. The minimum absolute atomic E-state index is 0.789. The van der Waals surface area contributed by atoms with Crippen LogP contribution in [0.3, 0.4) is 0 Å². The molecule has 1 aromatic heterocycles. The average Bonchev–Trinajstić information content (AvgIpc) is 2.52. The first-order chi connectivity index (χ1) is 10.1. The van der Waals surface area contributed by atoms with Crippen molar-refractivity contribution in [3.63, 3.8) is 0 Å². The van der Waals surface area contributed by atoms with E-state index >= 15 is 0 Å². The number of ether oxygens (including phenoxy) is 2. The molecule has 0 saturated heterocycles. The lowest BCUT2D eigenvalue weighted by molar-refractivity contribution is 0.395. The lowest BCUT2D eigenvalue weighted by atomic mass is 10.1. The quantitative estimate of drug-likeness (QED) is 0.842. The molecule has 1 aromatic carbocycles. The van der Waals surface area contributed by atoms with E-state index in [-0.39, 0.29) is 0 Å².